The van der Waals surface area contributed by atoms with E-state index in [2.05, 4.69) is 14.9 Å². The number of halogens is 2. The van der Waals surface area contributed by atoms with Crippen molar-refractivity contribution in [1.82, 2.24) is 14.9 Å². The molecule has 0 amide bonds. The Balaban J connectivity index is 0.000000706. The first kappa shape index (κ1) is 19.9. The Morgan fingerprint density at radius 3 is 2.82 bits per heavy atom. The van der Waals surface area contributed by atoms with Gasteiger partial charge >= 0.3 is 0 Å². The molecular formula is C20H19ClFN3O3. The fourth-order valence-electron chi connectivity index (χ4n) is 3.48. The third-order valence-electron chi connectivity index (χ3n) is 4.51. The molecule has 1 aliphatic heterocycles. The van der Waals surface area contributed by atoms with Gasteiger partial charge in [-0.2, -0.15) is 0 Å². The summed E-state index contributed by atoms with van der Waals surface area (Å²) in [5.74, 6) is -0.0407. The average Bonchev–Trinajstić information content (AvgIpc) is 3.09. The topological polar surface area (TPSA) is 89.5 Å². The average molecular weight is 404 g/mol. The lowest BCUT2D eigenvalue weighted by atomic mass is 9.90. The molecule has 28 heavy (non-hydrogen) atoms. The molecule has 0 radical (unpaired) electrons. The number of hydrogen-bond donors (Lipinski definition) is 3. The molecule has 1 atom stereocenters. The molecule has 3 N–H and O–H groups in total. The minimum atomic E-state index is -0.328. The van der Waals surface area contributed by atoms with Gasteiger partial charge in [-0.15, -0.1) is 0 Å². The molecule has 4 rings (SSSR count). The number of phenols is 1. The Morgan fingerprint density at radius 2 is 2.11 bits per heavy atom. The summed E-state index contributed by atoms with van der Waals surface area (Å²) in [6.07, 6.45) is 1.70. The zero-order chi connectivity index (χ0) is 20.1. The second-order valence-electron chi connectivity index (χ2n) is 6.47. The Bertz CT molecular complexity index is 943. The SMILES string of the molecule is O=CO.Oc1cccc(C2CN(Cc3cc(F)cc(Cl)c3)Cc3[nH]cnc32)c1. The molecule has 3 aromatic rings. The molecule has 0 saturated carbocycles. The number of aromatic amines is 1. The predicted molar refractivity (Wildman–Crippen MR) is 103 cm³/mol. The standard InChI is InChI=1S/C19H17ClFN3O.CH2O2/c20-14-4-12(5-15(21)7-14)8-24-9-17(13-2-1-3-16(25)6-13)19-18(10-24)22-11-23-19;2-1-3/h1-7,11,17,25H,8-10H2,(H,22,23);1H,(H,2,3). The maximum atomic E-state index is 13.6. The van der Waals surface area contributed by atoms with Crippen LogP contribution >= 0.6 is 11.6 Å². The van der Waals surface area contributed by atoms with Crippen LogP contribution < -0.4 is 0 Å². The second-order valence-corrected chi connectivity index (χ2v) is 6.90. The Hall–Kier alpha value is -2.90. The van der Waals surface area contributed by atoms with Crippen LogP contribution in [0.25, 0.3) is 0 Å². The van der Waals surface area contributed by atoms with Crippen molar-refractivity contribution in [3.63, 3.8) is 0 Å². The van der Waals surface area contributed by atoms with Crippen LogP contribution in [0.3, 0.4) is 0 Å². The lowest BCUT2D eigenvalue weighted by Gasteiger charge is -2.32. The summed E-state index contributed by atoms with van der Waals surface area (Å²) in [4.78, 5) is 18.2. The van der Waals surface area contributed by atoms with Crippen LogP contribution in [0.5, 0.6) is 5.75 Å². The number of nitrogens with one attached hydrogen (secondary N) is 1. The first-order chi connectivity index (χ1) is 13.5. The minimum absolute atomic E-state index is 0.0473. The van der Waals surface area contributed by atoms with E-state index in [4.69, 9.17) is 21.5 Å². The van der Waals surface area contributed by atoms with Crippen molar-refractivity contribution in [2.45, 2.75) is 19.0 Å². The molecule has 0 fully saturated rings. The van der Waals surface area contributed by atoms with E-state index in [-0.39, 0.29) is 24.0 Å². The predicted octanol–water partition coefficient (Wildman–Crippen LogP) is 3.76. The van der Waals surface area contributed by atoms with E-state index in [1.165, 1.54) is 12.1 Å². The summed E-state index contributed by atoms with van der Waals surface area (Å²) in [5.41, 5.74) is 3.89. The van der Waals surface area contributed by atoms with Gasteiger partial charge in [0.15, 0.2) is 0 Å². The molecule has 2 aromatic carbocycles. The number of H-pyrrole nitrogens is 1. The fourth-order valence-corrected chi connectivity index (χ4v) is 3.72. The second kappa shape index (κ2) is 8.86. The van der Waals surface area contributed by atoms with Crippen LogP contribution in [0.2, 0.25) is 5.02 Å². The van der Waals surface area contributed by atoms with Gasteiger partial charge in [0.25, 0.3) is 6.47 Å². The van der Waals surface area contributed by atoms with E-state index >= 15 is 0 Å². The van der Waals surface area contributed by atoms with Gasteiger partial charge in [0.1, 0.15) is 11.6 Å². The van der Waals surface area contributed by atoms with Gasteiger partial charge in [0.2, 0.25) is 0 Å². The lowest BCUT2D eigenvalue weighted by molar-refractivity contribution is -0.122. The van der Waals surface area contributed by atoms with Crippen LogP contribution in [0.4, 0.5) is 4.39 Å². The van der Waals surface area contributed by atoms with E-state index in [1.807, 2.05) is 12.1 Å². The molecule has 1 aromatic heterocycles. The van der Waals surface area contributed by atoms with Gasteiger partial charge < -0.3 is 15.2 Å². The van der Waals surface area contributed by atoms with E-state index < -0.39 is 0 Å². The smallest absolute Gasteiger partial charge is 0.290 e. The third kappa shape index (κ3) is 4.68. The van der Waals surface area contributed by atoms with Crippen molar-refractivity contribution >= 4 is 18.1 Å². The maximum Gasteiger partial charge on any atom is 0.290 e. The van der Waals surface area contributed by atoms with E-state index in [9.17, 15) is 9.50 Å². The number of benzene rings is 2. The molecule has 6 nitrogen and oxygen atoms in total. The summed E-state index contributed by atoms with van der Waals surface area (Å²) in [5, 5.41) is 17.1. The van der Waals surface area contributed by atoms with E-state index in [0.29, 0.717) is 18.1 Å². The maximum absolute atomic E-state index is 13.6. The molecule has 0 aliphatic carbocycles. The quantitative estimate of drug-likeness (QED) is 0.579. The monoisotopic (exact) mass is 403 g/mol. The summed E-state index contributed by atoms with van der Waals surface area (Å²) >= 11 is 5.97. The number of nitrogens with zero attached hydrogens (tertiary/aromatic N) is 2. The van der Waals surface area contributed by atoms with E-state index in [0.717, 1.165) is 29.1 Å². The summed E-state index contributed by atoms with van der Waals surface area (Å²) < 4.78 is 13.6. The molecule has 0 spiro atoms. The fraction of sp³-hybridized carbons (Fsp3) is 0.200. The van der Waals surface area contributed by atoms with Crippen LogP contribution in [-0.2, 0) is 17.9 Å². The van der Waals surface area contributed by atoms with Crippen molar-refractivity contribution in [2.75, 3.05) is 6.54 Å². The van der Waals surface area contributed by atoms with E-state index in [1.54, 1.807) is 24.5 Å². The highest BCUT2D eigenvalue weighted by Crippen LogP contribution is 2.33. The Kier molecular flexibility index (Phi) is 6.28. The highest BCUT2D eigenvalue weighted by Gasteiger charge is 2.29. The van der Waals surface area contributed by atoms with Crippen LogP contribution in [0.15, 0.2) is 48.8 Å². The zero-order valence-corrected chi connectivity index (χ0v) is 15.6. The molecule has 1 aliphatic rings. The lowest BCUT2D eigenvalue weighted by Crippen LogP contribution is -2.33. The number of hydrogen-bond acceptors (Lipinski definition) is 4. The van der Waals surface area contributed by atoms with Crippen molar-refractivity contribution in [3.8, 4) is 5.75 Å². The largest absolute Gasteiger partial charge is 0.508 e. The summed E-state index contributed by atoms with van der Waals surface area (Å²) in [6.45, 7) is 1.78. The highest BCUT2D eigenvalue weighted by molar-refractivity contribution is 6.30. The van der Waals surface area contributed by atoms with Crippen LogP contribution in [-0.4, -0.2) is 38.1 Å². The molecule has 0 bridgehead atoms. The molecule has 0 saturated heterocycles. The van der Waals surface area contributed by atoms with Gasteiger partial charge in [-0.1, -0.05) is 23.7 Å². The third-order valence-corrected chi connectivity index (χ3v) is 4.72. The van der Waals surface area contributed by atoms with Gasteiger partial charge in [-0.25, -0.2) is 9.37 Å². The first-order valence-corrected chi connectivity index (χ1v) is 8.94. The molecular weight excluding hydrogens is 385 g/mol. The Labute approximate surface area is 166 Å². The molecule has 2 heterocycles. The number of aromatic nitrogens is 2. The molecule has 8 heteroatoms. The summed E-state index contributed by atoms with van der Waals surface area (Å²) in [7, 11) is 0. The number of phenolic OH excluding ortho intramolecular Hbond substituents is 1. The first-order valence-electron chi connectivity index (χ1n) is 8.56. The van der Waals surface area contributed by atoms with Gasteiger partial charge in [0, 0.05) is 30.6 Å². The number of fused-ring (bicyclic) bond motifs is 1. The molecule has 146 valence electrons. The highest BCUT2D eigenvalue weighted by atomic mass is 35.5. The normalized spacial score (nSPS) is 16.0. The number of imidazole rings is 1. The number of aromatic hydroxyl groups is 1. The van der Waals surface area contributed by atoms with Gasteiger partial charge in [-0.3, -0.25) is 9.69 Å². The zero-order valence-electron chi connectivity index (χ0n) is 14.8. The summed E-state index contributed by atoms with van der Waals surface area (Å²) in [6, 6.07) is 11.9. The van der Waals surface area contributed by atoms with Crippen LogP contribution in [0.1, 0.15) is 28.4 Å². The van der Waals surface area contributed by atoms with Crippen molar-refractivity contribution in [3.05, 3.63) is 82.1 Å². The minimum Gasteiger partial charge on any atom is -0.508 e. The molecule has 1 unspecified atom stereocenters. The van der Waals surface area contributed by atoms with Crippen LogP contribution in [0, 0.1) is 5.82 Å². The number of carbonyl (C=O) groups is 1. The van der Waals surface area contributed by atoms with Gasteiger partial charge in [-0.05, 0) is 41.5 Å². The van der Waals surface area contributed by atoms with Crippen molar-refractivity contribution in [1.29, 1.82) is 0 Å². The number of carboxylic acid groups (broad SMARTS) is 1. The van der Waals surface area contributed by atoms with Crippen molar-refractivity contribution in [2.24, 2.45) is 0 Å². The van der Waals surface area contributed by atoms with Crippen molar-refractivity contribution < 1.29 is 19.4 Å². The Morgan fingerprint density at radius 1 is 1.32 bits per heavy atom. The number of rotatable bonds is 3. The van der Waals surface area contributed by atoms with Gasteiger partial charge in [0.05, 0.1) is 17.7 Å².